The molecule has 3 heterocycles. The Morgan fingerprint density at radius 2 is 1.74 bits per heavy atom. The van der Waals surface area contributed by atoms with Crippen LogP contribution in [0.4, 0.5) is 27.6 Å². The van der Waals surface area contributed by atoms with Gasteiger partial charge in [-0.2, -0.15) is 22.0 Å². The summed E-state index contributed by atoms with van der Waals surface area (Å²) in [4.78, 5) is 18.4. The molecule has 1 amide bonds. The van der Waals surface area contributed by atoms with Gasteiger partial charge in [-0.1, -0.05) is 24.3 Å². The zero-order valence-corrected chi connectivity index (χ0v) is 17.1. The van der Waals surface area contributed by atoms with Gasteiger partial charge in [0.25, 0.3) is 11.8 Å². The molecule has 0 bridgehead atoms. The lowest BCUT2D eigenvalue weighted by atomic mass is 10.0. The first-order valence-corrected chi connectivity index (χ1v) is 9.91. The molecule has 11 heteroatoms. The minimum Gasteiger partial charge on any atom is -0.415 e. The van der Waals surface area contributed by atoms with Crippen LogP contribution in [0, 0.1) is 0 Å². The van der Waals surface area contributed by atoms with E-state index in [4.69, 9.17) is 4.42 Å². The van der Waals surface area contributed by atoms with Gasteiger partial charge in [0.1, 0.15) is 0 Å². The average Bonchev–Trinajstić information content (AvgIpc) is 3.44. The highest BCUT2D eigenvalue weighted by Gasteiger charge is 2.33. The van der Waals surface area contributed by atoms with E-state index in [-0.39, 0.29) is 18.0 Å². The van der Waals surface area contributed by atoms with Crippen LogP contribution in [0.15, 0.2) is 65.3 Å². The van der Waals surface area contributed by atoms with E-state index in [9.17, 15) is 26.7 Å². The lowest BCUT2D eigenvalue weighted by Gasteiger charge is -2.20. The van der Waals surface area contributed by atoms with Gasteiger partial charge in [-0.15, -0.1) is 10.2 Å². The van der Waals surface area contributed by atoms with Crippen LogP contribution in [0.3, 0.4) is 0 Å². The molecule has 0 fully saturated rings. The number of carbonyl (C=O) groups excluding carboxylic acids is 1. The van der Waals surface area contributed by atoms with E-state index in [2.05, 4.69) is 15.2 Å². The Balaban J connectivity index is 1.51. The first-order chi connectivity index (χ1) is 16.2. The molecule has 1 aliphatic rings. The second-order valence-corrected chi connectivity index (χ2v) is 7.49. The Bertz CT molecular complexity index is 1400. The number of alkyl halides is 5. The Morgan fingerprint density at radius 1 is 0.941 bits per heavy atom. The number of halogens is 5. The zero-order chi connectivity index (χ0) is 24.0. The number of nitrogens with zero attached hydrogens (tertiary/aromatic N) is 4. The highest BCUT2D eigenvalue weighted by Crippen LogP contribution is 2.38. The predicted octanol–water partition coefficient (Wildman–Crippen LogP) is 5.92. The van der Waals surface area contributed by atoms with Crippen molar-refractivity contribution in [2.24, 2.45) is 0 Å². The predicted molar refractivity (Wildman–Crippen MR) is 110 cm³/mol. The number of amides is 1. The number of anilines is 1. The molecule has 0 N–H and O–H groups in total. The summed E-state index contributed by atoms with van der Waals surface area (Å²) in [6, 6.07) is 12.2. The van der Waals surface area contributed by atoms with Gasteiger partial charge in [0.2, 0.25) is 5.89 Å². The molecule has 0 aliphatic carbocycles. The zero-order valence-electron chi connectivity index (χ0n) is 17.1. The fourth-order valence-electron chi connectivity index (χ4n) is 3.76. The molecule has 2 aromatic heterocycles. The van der Waals surface area contributed by atoms with E-state index in [0.717, 1.165) is 12.3 Å². The van der Waals surface area contributed by atoms with Gasteiger partial charge in [0.05, 0.1) is 17.8 Å². The van der Waals surface area contributed by atoms with Gasteiger partial charge in [-0.05, 0) is 29.8 Å². The number of para-hydroxylation sites is 1. The molecule has 6 nitrogen and oxygen atoms in total. The highest BCUT2D eigenvalue weighted by molar-refractivity contribution is 6.12. The topological polar surface area (TPSA) is 72.1 Å². The van der Waals surface area contributed by atoms with E-state index in [1.165, 1.54) is 17.2 Å². The number of carbonyl (C=O) groups is 1. The third-order valence-electron chi connectivity index (χ3n) is 5.36. The molecule has 0 atom stereocenters. The maximum atomic E-state index is 13.2. The van der Waals surface area contributed by atoms with Crippen molar-refractivity contribution < 1.29 is 31.2 Å². The van der Waals surface area contributed by atoms with Crippen molar-refractivity contribution in [2.45, 2.75) is 19.1 Å². The van der Waals surface area contributed by atoms with E-state index >= 15 is 0 Å². The van der Waals surface area contributed by atoms with Crippen LogP contribution < -0.4 is 4.90 Å². The normalized spacial score (nSPS) is 13.6. The number of pyridine rings is 1. The number of aromatic nitrogens is 3. The summed E-state index contributed by atoms with van der Waals surface area (Å²) < 4.78 is 70.0. The molecule has 0 unspecified atom stereocenters. The van der Waals surface area contributed by atoms with Crippen LogP contribution >= 0.6 is 0 Å². The molecular formula is C23H13F5N4O2. The van der Waals surface area contributed by atoms with Crippen LogP contribution in [-0.4, -0.2) is 21.1 Å². The summed E-state index contributed by atoms with van der Waals surface area (Å²) in [5.41, 5.74) is 1.36. The van der Waals surface area contributed by atoms with E-state index in [0.29, 0.717) is 27.9 Å². The molecule has 0 saturated carbocycles. The lowest BCUT2D eigenvalue weighted by molar-refractivity contribution is -0.137. The Hall–Kier alpha value is -4.15. The van der Waals surface area contributed by atoms with Crippen LogP contribution in [0.5, 0.6) is 0 Å². The van der Waals surface area contributed by atoms with Gasteiger partial charge in [-0.25, -0.2) is 0 Å². The Kier molecular flexibility index (Phi) is 5.11. The second kappa shape index (κ2) is 8.01. The maximum Gasteiger partial charge on any atom is 0.417 e. The largest absolute Gasteiger partial charge is 0.417 e. The highest BCUT2D eigenvalue weighted by atomic mass is 19.4. The second-order valence-electron chi connectivity index (χ2n) is 7.49. The van der Waals surface area contributed by atoms with Crippen LogP contribution in [0.2, 0.25) is 0 Å². The average molecular weight is 472 g/mol. The minimum atomic E-state index is -4.56. The molecule has 5 rings (SSSR count). The van der Waals surface area contributed by atoms with Crippen molar-refractivity contribution >= 4 is 11.6 Å². The smallest absolute Gasteiger partial charge is 0.415 e. The molecule has 0 saturated heterocycles. The maximum absolute atomic E-state index is 13.2. The van der Waals surface area contributed by atoms with E-state index in [1.54, 1.807) is 36.4 Å². The van der Waals surface area contributed by atoms with Gasteiger partial charge in [-0.3, -0.25) is 9.78 Å². The fourth-order valence-corrected chi connectivity index (χ4v) is 3.76. The number of rotatable bonds is 4. The van der Waals surface area contributed by atoms with E-state index in [1.807, 2.05) is 0 Å². The fraction of sp³-hybridized carbons (Fsp3) is 0.130. The number of benzene rings is 2. The SMILES string of the molecule is O=C1c2cc(-c3nnc(C(F)F)o3)ccc2CN1c1ccccc1-c1cncc(C(F)(F)F)c1. The first-order valence-electron chi connectivity index (χ1n) is 9.91. The molecule has 1 aliphatic heterocycles. The van der Waals surface area contributed by atoms with Crippen molar-refractivity contribution in [3.05, 3.63) is 83.5 Å². The molecule has 172 valence electrons. The molecule has 34 heavy (non-hydrogen) atoms. The van der Waals surface area contributed by atoms with Crippen LogP contribution in [0.1, 0.15) is 33.8 Å². The minimum absolute atomic E-state index is 0.153. The van der Waals surface area contributed by atoms with Crippen molar-refractivity contribution in [3.8, 4) is 22.6 Å². The van der Waals surface area contributed by atoms with Crippen LogP contribution in [0.25, 0.3) is 22.6 Å². The monoisotopic (exact) mass is 472 g/mol. The van der Waals surface area contributed by atoms with Gasteiger partial charge in [0, 0.05) is 34.6 Å². The quantitative estimate of drug-likeness (QED) is 0.345. The first kappa shape index (κ1) is 21.7. The van der Waals surface area contributed by atoms with Gasteiger partial charge in [0.15, 0.2) is 0 Å². The third-order valence-corrected chi connectivity index (χ3v) is 5.36. The lowest BCUT2D eigenvalue weighted by Crippen LogP contribution is -2.23. The summed E-state index contributed by atoms with van der Waals surface area (Å²) in [6.45, 7) is 0.171. The van der Waals surface area contributed by atoms with Crippen LogP contribution in [-0.2, 0) is 12.7 Å². The van der Waals surface area contributed by atoms with Crippen molar-refractivity contribution in [1.29, 1.82) is 0 Å². The summed E-state index contributed by atoms with van der Waals surface area (Å²) in [5, 5.41) is 6.89. The standard InChI is InChI=1S/C23H13F5N4O2/c24-19(25)21-31-30-20(34-21)12-5-6-13-11-32(22(33)17(13)8-12)18-4-2-1-3-16(18)14-7-15(10-29-9-14)23(26,27)28/h1-10,19H,11H2. The van der Waals surface area contributed by atoms with Gasteiger partial charge >= 0.3 is 12.6 Å². The summed E-state index contributed by atoms with van der Waals surface area (Å²) in [5.74, 6) is -1.38. The van der Waals surface area contributed by atoms with E-state index < -0.39 is 30.0 Å². The molecule has 4 aromatic rings. The number of fused-ring (bicyclic) bond motifs is 1. The third kappa shape index (κ3) is 3.78. The van der Waals surface area contributed by atoms with Crippen molar-refractivity contribution in [1.82, 2.24) is 15.2 Å². The van der Waals surface area contributed by atoms with Crippen molar-refractivity contribution in [2.75, 3.05) is 4.90 Å². The molecule has 2 aromatic carbocycles. The summed E-state index contributed by atoms with van der Waals surface area (Å²) in [7, 11) is 0. The van der Waals surface area contributed by atoms with Crippen molar-refractivity contribution in [3.63, 3.8) is 0 Å². The Labute approximate surface area is 188 Å². The Morgan fingerprint density at radius 3 is 2.47 bits per heavy atom. The summed E-state index contributed by atoms with van der Waals surface area (Å²) in [6.07, 6.45) is -5.44. The number of hydrogen-bond donors (Lipinski definition) is 0. The van der Waals surface area contributed by atoms with Gasteiger partial charge < -0.3 is 9.32 Å². The molecular weight excluding hydrogens is 459 g/mol. The molecule has 0 radical (unpaired) electrons. The molecule has 0 spiro atoms. The number of hydrogen-bond acceptors (Lipinski definition) is 5. The summed E-state index contributed by atoms with van der Waals surface area (Å²) >= 11 is 0.